The van der Waals surface area contributed by atoms with Crippen LogP contribution >= 0.6 is 0 Å². The molecule has 1 aliphatic carbocycles. The minimum atomic E-state index is -0.159. The highest BCUT2D eigenvalue weighted by atomic mass is 19.1. The minimum absolute atomic E-state index is 0.111. The lowest BCUT2D eigenvalue weighted by atomic mass is 10.0. The van der Waals surface area contributed by atoms with E-state index in [4.69, 9.17) is 0 Å². The van der Waals surface area contributed by atoms with E-state index in [0.29, 0.717) is 6.54 Å². The van der Waals surface area contributed by atoms with Gasteiger partial charge in [-0.25, -0.2) is 4.39 Å². The van der Waals surface area contributed by atoms with Crippen molar-refractivity contribution in [3.63, 3.8) is 0 Å². The van der Waals surface area contributed by atoms with Gasteiger partial charge in [-0.2, -0.15) is 0 Å². The van der Waals surface area contributed by atoms with E-state index in [1.54, 1.807) is 25.1 Å². The zero-order valence-corrected chi connectivity index (χ0v) is 12.6. The first-order valence-corrected chi connectivity index (χ1v) is 7.54. The number of carbonyl (C=O) groups excluding carboxylic acids is 1. The molecule has 0 bridgehead atoms. The summed E-state index contributed by atoms with van der Waals surface area (Å²) in [5.74, 6) is 0.00711. The fourth-order valence-electron chi connectivity index (χ4n) is 3.55. The van der Waals surface area contributed by atoms with Crippen molar-refractivity contribution in [3.05, 3.63) is 35.1 Å². The highest BCUT2D eigenvalue weighted by Gasteiger charge is 2.38. The van der Waals surface area contributed by atoms with Crippen molar-refractivity contribution in [2.24, 2.45) is 0 Å². The van der Waals surface area contributed by atoms with Gasteiger partial charge in [0.1, 0.15) is 11.9 Å². The zero-order valence-electron chi connectivity index (χ0n) is 12.6. The van der Waals surface area contributed by atoms with Gasteiger partial charge in [-0.1, -0.05) is 12.1 Å². The van der Waals surface area contributed by atoms with E-state index >= 15 is 0 Å². The van der Waals surface area contributed by atoms with E-state index in [1.165, 1.54) is 6.07 Å². The van der Waals surface area contributed by atoms with Crippen molar-refractivity contribution in [3.8, 4) is 0 Å². The molecule has 1 heterocycles. The number of carbonyl (C=O) groups is 1. The Balaban J connectivity index is 1.89. The predicted octanol–water partition coefficient (Wildman–Crippen LogP) is 1.18. The number of rotatable bonds is 2. The van der Waals surface area contributed by atoms with Gasteiger partial charge in [0.05, 0.1) is 0 Å². The summed E-state index contributed by atoms with van der Waals surface area (Å²) in [5.41, 5.74) is 1.89. The molecule has 1 N–H and O–H groups in total. The molecule has 1 aromatic rings. The van der Waals surface area contributed by atoms with Crippen LogP contribution in [-0.2, 0) is 11.2 Å². The standard InChI is InChI=1S/C16H22FN3O/c1-19(2)16(21)15-10-18-8-9-20(15)14-7-6-11-12(14)4-3-5-13(11)17/h3-5,14-15,18H,6-10H2,1-2H3. The number of piperazine rings is 1. The Morgan fingerprint density at radius 2 is 2.24 bits per heavy atom. The van der Waals surface area contributed by atoms with Crippen LogP contribution in [0.25, 0.3) is 0 Å². The Morgan fingerprint density at radius 3 is 3.00 bits per heavy atom. The molecule has 4 nitrogen and oxygen atoms in total. The van der Waals surface area contributed by atoms with Crippen molar-refractivity contribution in [2.75, 3.05) is 33.7 Å². The van der Waals surface area contributed by atoms with Crippen molar-refractivity contribution in [1.82, 2.24) is 15.1 Å². The SMILES string of the molecule is CN(C)C(=O)C1CNCCN1C1CCc2c(F)cccc21. The number of nitrogens with zero attached hydrogens (tertiary/aromatic N) is 2. The topological polar surface area (TPSA) is 35.6 Å². The van der Waals surface area contributed by atoms with Crippen LogP contribution in [0.1, 0.15) is 23.6 Å². The first-order chi connectivity index (χ1) is 10.1. The maximum Gasteiger partial charge on any atom is 0.240 e. The largest absolute Gasteiger partial charge is 0.347 e. The van der Waals surface area contributed by atoms with E-state index in [1.807, 2.05) is 6.07 Å². The van der Waals surface area contributed by atoms with Gasteiger partial charge in [-0.05, 0) is 30.0 Å². The number of benzene rings is 1. The molecule has 21 heavy (non-hydrogen) atoms. The van der Waals surface area contributed by atoms with Crippen LogP contribution in [0.5, 0.6) is 0 Å². The summed E-state index contributed by atoms with van der Waals surface area (Å²) in [7, 11) is 3.58. The van der Waals surface area contributed by atoms with Crippen LogP contribution in [0, 0.1) is 5.82 Å². The molecule has 3 rings (SSSR count). The van der Waals surface area contributed by atoms with Crippen molar-refractivity contribution in [2.45, 2.75) is 24.9 Å². The normalized spacial score (nSPS) is 25.7. The van der Waals surface area contributed by atoms with Crippen molar-refractivity contribution >= 4 is 5.91 Å². The number of likely N-dealkylation sites (N-methyl/N-ethyl adjacent to an activating group) is 1. The average Bonchev–Trinajstić information content (AvgIpc) is 2.91. The van der Waals surface area contributed by atoms with Crippen molar-refractivity contribution in [1.29, 1.82) is 0 Å². The fourth-order valence-corrected chi connectivity index (χ4v) is 3.55. The van der Waals surface area contributed by atoms with Gasteiger partial charge in [-0.3, -0.25) is 9.69 Å². The number of nitrogens with one attached hydrogen (secondary N) is 1. The molecule has 2 aliphatic rings. The molecule has 0 saturated carbocycles. The van der Waals surface area contributed by atoms with Gasteiger partial charge < -0.3 is 10.2 Å². The van der Waals surface area contributed by atoms with Gasteiger partial charge in [0.25, 0.3) is 0 Å². The summed E-state index contributed by atoms with van der Waals surface area (Å²) < 4.78 is 13.9. The number of amides is 1. The molecule has 1 amide bonds. The third kappa shape index (κ3) is 2.56. The maximum atomic E-state index is 13.9. The third-order valence-corrected chi connectivity index (χ3v) is 4.59. The highest BCUT2D eigenvalue weighted by molar-refractivity contribution is 5.82. The Kier molecular flexibility index (Phi) is 3.95. The number of hydrogen-bond acceptors (Lipinski definition) is 3. The van der Waals surface area contributed by atoms with Gasteiger partial charge in [0, 0.05) is 39.8 Å². The maximum absolute atomic E-state index is 13.9. The van der Waals surface area contributed by atoms with E-state index in [9.17, 15) is 9.18 Å². The molecular weight excluding hydrogens is 269 g/mol. The number of fused-ring (bicyclic) bond motifs is 1. The van der Waals surface area contributed by atoms with E-state index in [2.05, 4.69) is 10.2 Å². The molecule has 114 valence electrons. The molecule has 2 atom stereocenters. The van der Waals surface area contributed by atoms with Crippen LogP contribution in [0.2, 0.25) is 0 Å². The van der Waals surface area contributed by atoms with Crippen LogP contribution < -0.4 is 5.32 Å². The molecule has 2 unspecified atom stereocenters. The van der Waals surface area contributed by atoms with Gasteiger partial charge >= 0.3 is 0 Å². The summed E-state index contributed by atoms with van der Waals surface area (Å²) in [6.07, 6.45) is 1.66. The fraction of sp³-hybridized carbons (Fsp3) is 0.562. The second kappa shape index (κ2) is 5.73. The Bertz CT molecular complexity index is 546. The van der Waals surface area contributed by atoms with Crippen LogP contribution in [0.15, 0.2) is 18.2 Å². The quantitative estimate of drug-likeness (QED) is 0.888. The molecule has 1 fully saturated rings. The molecule has 0 radical (unpaired) electrons. The van der Waals surface area contributed by atoms with E-state index in [-0.39, 0.29) is 23.8 Å². The Morgan fingerprint density at radius 1 is 1.43 bits per heavy atom. The van der Waals surface area contributed by atoms with Crippen LogP contribution in [0.3, 0.4) is 0 Å². The molecule has 1 aliphatic heterocycles. The Labute approximate surface area is 124 Å². The van der Waals surface area contributed by atoms with Crippen molar-refractivity contribution < 1.29 is 9.18 Å². The first-order valence-electron chi connectivity index (χ1n) is 7.54. The second-order valence-electron chi connectivity index (χ2n) is 6.05. The second-order valence-corrected chi connectivity index (χ2v) is 6.05. The number of halogens is 1. The molecule has 0 aromatic heterocycles. The lowest BCUT2D eigenvalue weighted by Gasteiger charge is -2.40. The van der Waals surface area contributed by atoms with Gasteiger partial charge in [-0.15, -0.1) is 0 Å². The van der Waals surface area contributed by atoms with Crippen LogP contribution in [0.4, 0.5) is 4.39 Å². The van der Waals surface area contributed by atoms with Gasteiger partial charge in [0.15, 0.2) is 0 Å². The molecule has 0 spiro atoms. The Hall–Kier alpha value is -1.46. The number of hydrogen-bond donors (Lipinski definition) is 1. The predicted molar refractivity (Wildman–Crippen MR) is 79.5 cm³/mol. The lowest BCUT2D eigenvalue weighted by Crippen LogP contribution is -2.58. The molecule has 1 saturated heterocycles. The summed E-state index contributed by atoms with van der Waals surface area (Å²) in [6.45, 7) is 2.36. The highest BCUT2D eigenvalue weighted by Crippen LogP contribution is 2.38. The molecule has 5 heteroatoms. The molecule has 1 aromatic carbocycles. The van der Waals surface area contributed by atoms with Crippen LogP contribution in [-0.4, -0.2) is 55.5 Å². The smallest absolute Gasteiger partial charge is 0.240 e. The van der Waals surface area contributed by atoms with E-state index < -0.39 is 0 Å². The van der Waals surface area contributed by atoms with E-state index in [0.717, 1.165) is 37.1 Å². The zero-order chi connectivity index (χ0) is 15.0. The summed E-state index contributed by atoms with van der Waals surface area (Å²) in [5, 5.41) is 3.30. The summed E-state index contributed by atoms with van der Waals surface area (Å²) >= 11 is 0. The minimum Gasteiger partial charge on any atom is -0.347 e. The van der Waals surface area contributed by atoms with Gasteiger partial charge in [0.2, 0.25) is 5.91 Å². The summed E-state index contributed by atoms with van der Waals surface area (Å²) in [4.78, 5) is 16.3. The molecular formula is C16H22FN3O. The average molecular weight is 291 g/mol. The lowest BCUT2D eigenvalue weighted by molar-refractivity contribution is -0.136. The summed E-state index contributed by atoms with van der Waals surface area (Å²) in [6, 6.07) is 5.31. The monoisotopic (exact) mass is 291 g/mol. The first kappa shape index (κ1) is 14.5. The third-order valence-electron chi connectivity index (χ3n) is 4.59.